The Morgan fingerprint density at radius 3 is 1.43 bits per heavy atom. The average molecular weight is 548 g/mol. The fourth-order valence-corrected chi connectivity index (χ4v) is 3.63. The van der Waals surface area contributed by atoms with Crippen LogP contribution in [0.5, 0.6) is 0 Å². The Morgan fingerprint density at radius 1 is 0.433 bits per heavy atom. The first kappa shape index (κ1) is 22.6. The van der Waals surface area contributed by atoms with Gasteiger partial charge in [0.05, 0.1) is 0 Å². The molecule has 0 bridgehead atoms. The maximum Gasteiger partial charge on any atom is 0.0122 e. The summed E-state index contributed by atoms with van der Waals surface area (Å²) < 4.78 is 59.6. The second-order valence-electron chi connectivity index (χ2n) is 6.42. The van der Waals surface area contributed by atoms with E-state index in [9.17, 15) is 16.9 Å². The first-order chi connectivity index (χ1) is 13.8. The van der Waals surface area contributed by atoms with E-state index in [-0.39, 0.29) is 0 Å². The minimum Gasteiger partial charge on any atom is -0.0901 e. The topological polar surface area (TPSA) is 0 Å². The van der Waals surface area contributed by atoms with Gasteiger partial charge in [-0.25, -0.2) is 0 Å². The average Bonchev–Trinajstić information content (AvgIpc) is 2.89. The molecule has 0 heterocycles. The molecule has 0 aromatic heterocycles. The third-order valence-electron chi connectivity index (χ3n) is 3.94. The van der Waals surface area contributed by atoms with Crippen LogP contribution in [0.25, 0.3) is 22.3 Å². The van der Waals surface area contributed by atoms with E-state index in [0.29, 0.717) is 0 Å². The van der Waals surface area contributed by atoms with Crippen LogP contribution in [0.3, 0.4) is 0 Å². The van der Waals surface area contributed by atoms with E-state index in [0.717, 1.165) is 0 Å². The second-order valence-corrected chi connectivity index (χ2v) is 13.0. The Hall–Kier alpha value is -2.11. The van der Waals surface area contributed by atoms with Crippen LogP contribution < -0.4 is 0 Å². The summed E-state index contributed by atoms with van der Waals surface area (Å²) in [4.78, 5) is 2.53. The SMILES string of the molecule is [F][Sb-]([F])([F])([F])([F])[F].c1ccc(Sc2ccc(-c3ccc4cccccc3-4)cc2)cc1. The van der Waals surface area contributed by atoms with Crippen molar-refractivity contribution in [1.29, 1.82) is 0 Å². The van der Waals surface area contributed by atoms with Crippen LogP contribution in [-0.2, 0) is 0 Å². The fourth-order valence-electron chi connectivity index (χ4n) is 2.79. The molecular weight excluding hydrogens is 532 g/mol. The molecule has 2 aliphatic carbocycles. The van der Waals surface area contributed by atoms with Gasteiger partial charge < -0.3 is 0 Å². The summed E-state index contributed by atoms with van der Waals surface area (Å²) in [6.07, 6.45) is 0. The van der Waals surface area contributed by atoms with Gasteiger partial charge in [-0.3, -0.25) is 0 Å². The fraction of sp³-hybridized carbons (Fsp3) is 0. The molecule has 0 atom stereocenters. The van der Waals surface area contributed by atoms with Gasteiger partial charge in [-0.05, 0) is 46.5 Å². The number of halogens is 6. The van der Waals surface area contributed by atoms with Crippen LogP contribution in [0.4, 0.5) is 16.9 Å². The Labute approximate surface area is 176 Å². The number of fused-ring (bicyclic) bond motifs is 1. The molecule has 0 saturated heterocycles. The predicted molar refractivity (Wildman–Crippen MR) is 111 cm³/mol. The number of rotatable bonds is 3. The van der Waals surface area contributed by atoms with E-state index in [1.54, 1.807) is 11.8 Å². The summed E-state index contributed by atoms with van der Waals surface area (Å²) in [5.74, 6) is 0. The molecule has 2 aromatic carbocycles. The molecule has 0 spiro atoms. The van der Waals surface area contributed by atoms with Crippen molar-refractivity contribution in [3.63, 3.8) is 0 Å². The number of hydrogen-bond donors (Lipinski definition) is 0. The largest absolute Gasteiger partial charge is 0.0901 e. The molecule has 0 saturated carbocycles. The molecule has 8 heteroatoms. The number of benzene rings is 2. The van der Waals surface area contributed by atoms with Crippen molar-refractivity contribution in [2.45, 2.75) is 9.79 Å². The summed E-state index contributed by atoms with van der Waals surface area (Å²) in [6, 6.07) is 34.3. The van der Waals surface area contributed by atoms with Crippen LogP contribution in [0.1, 0.15) is 0 Å². The van der Waals surface area contributed by atoms with Crippen molar-refractivity contribution < 1.29 is 16.9 Å². The maximum absolute atomic E-state index is 11.2. The van der Waals surface area contributed by atoms with Gasteiger partial charge >= 0.3 is 36.4 Å². The summed E-state index contributed by atoms with van der Waals surface area (Å²) in [7, 11) is 0. The first-order valence-electron chi connectivity index (χ1n) is 8.73. The van der Waals surface area contributed by atoms with Crippen molar-refractivity contribution in [3.05, 3.63) is 97.1 Å². The van der Waals surface area contributed by atoms with Gasteiger partial charge in [0.2, 0.25) is 0 Å². The van der Waals surface area contributed by atoms with E-state index in [1.807, 2.05) is 6.07 Å². The van der Waals surface area contributed by atoms with Gasteiger partial charge in [0.15, 0.2) is 0 Å². The normalized spacial score (nSPS) is 13.7. The van der Waals surface area contributed by atoms with Crippen molar-refractivity contribution >= 4 is 31.2 Å². The minimum absolute atomic E-state index is 1.27. The number of hydrogen-bond acceptors (Lipinski definition) is 1. The summed E-state index contributed by atoms with van der Waals surface area (Å²) >= 11 is -9.45. The van der Waals surface area contributed by atoms with E-state index in [2.05, 4.69) is 91.0 Å². The maximum atomic E-state index is 9.93. The third-order valence-corrected chi connectivity index (χ3v) is 4.95. The van der Waals surface area contributed by atoms with Crippen LogP contribution in [0, 0.1) is 0 Å². The van der Waals surface area contributed by atoms with Gasteiger partial charge in [-0.15, -0.1) is 0 Å². The molecule has 4 rings (SSSR count). The van der Waals surface area contributed by atoms with E-state index in [4.69, 9.17) is 0 Å². The van der Waals surface area contributed by atoms with Crippen molar-refractivity contribution in [2.24, 2.45) is 0 Å². The zero-order valence-electron chi connectivity index (χ0n) is 15.4. The molecule has 2 aliphatic rings. The quantitative estimate of drug-likeness (QED) is 0.182. The van der Waals surface area contributed by atoms with Gasteiger partial charge in [-0.1, -0.05) is 84.6 Å². The first-order valence-corrected chi connectivity index (χ1v) is 15.3. The van der Waals surface area contributed by atoms with Gasteiger partial charge in [0, 0.05) is 9.79 Å². The molecular formula is C22H16F6SSb-. The smallest absolute Gasteiger partial charge is 0.0122 e. The zero-order chi connectivity index (χ0) is 21.9. The molecule has 0 N–H and O–H groups in total. The standard InChI is InChI=1S/C22H16S.6FH.Sb/c1-3-7-17-13-16-22(21(17)10-6-1)18-11-14-20(15-12-18)23-19-8-4-2-5-9-19;;;;;;;/h1-16H;6*1H;/q;;;;;;;+5/p-6. The summed E-state index contributed by atoms with van der Waals surface area (Å²) in [5.41, 5.74) is 5.15. The van der Waals surface area contributed by atoms with Crippen LogP contribution in [-0.4, -0.2) is 19.5 Å². The summed E-state index contributed by atoms with van der Waals surface area (Å²) in [5, 5.41) is 0. The molecule has 30 heavy (non-hydrogen) atoms. The zero-order valence-corrected chi connectivity index (χ0v) is 18.7. The van der Waals surface area contributed by atoms with Gasteiger partial charge in [-0.2, -0.15) is 0 Å². The third kappa shape index (κ3) is 7.96. The van der Waals surface area contributed by atoms with Crippen LogP contribution in [0.15, 0.2) is 107 Å². The van der Waals surface area contributed by atoms with Crippen molar-refractivity contribution in [1.82, 2.24) is 0 Å². The molecule has 0 nitrogen and oxygen atoms in total. The molecule has 2 aromatic rings. The second kappa shape index (κ2) is 7.86. The molecule has 158 valence electrons. The summed E-state index contributed by atoms with van der Waals surface area (Å²) in [6.45, 7) is 0. The predicted octanol–water partition coefficient (Wildman–Crippen LogP) is 8.75. The van der Waals surface area contributed by atoms with Crippen molar-refractivity contribution in [2.75, 3.05) is 0 Å². The Kier molecular flexibility index (Phi) is 5.91. The Balaban J connectivity index is 0.000000318. The Morgan fingerprint density at radius 2 is 0.833 bits per heavy atom. The molecule has 0 fully saturated rings. The van der Waals surface area contributed by atoms with Crippen LogP contribution >= 0.6 is 11.8 Å². The van der Waals surface area contributed by atoms with Gasteiger partial charge in [0.25, 0.3) is 0 Å². The monoisotopic (exact) mass is 547 g/mol. The van der Waals surface area contributed by atoms with E-state index >= 15 is 0 Å². The minimum atomic E-state index is -11.2. The molecule has 0 unspecified atom stereocenters. The van der Waals surface area contributed by atoms with Gasteiger partial charge in [0.1, 0.15) is 0 Å². The molecule has 0 amide bonds. The van der Waals surface area contributed by atoms with E-state index < -0.39 is 19.5 Å². The van der Waals surface area contributed by atoms with E-state index in [1.165, 1.54) is 32.0 Å². The van der Waals surface area contributed by atoms with Crippen LogP contribution in [0.2, 0.25) is 0 Å². The Bertz CT molecular complexity index is 1080. The molecule has 0 aliphatic heterocycles. The van der Waals surface area contributed by atoms with Crippen molar-refractivity contribution in [3.8, 4) is 22.3 Å². The molecule has 0 radical (unpaired) electrons.